The predicted molar refractivity (Wildman–Crippen MR) is 85.4 cm³/mol. The monoisotopic (exact) mass is 292 g/mol. The Morgan fingerprint density at radius 1 is 1.32 bits per heavy atom. The molecule has 0 radical (unpaired) electrons. The highest BCUT2D eigenvalue weighted by Crippen LogP contribution is 2.27. The molecule has 0 saturated heterocycles. The summed E-state index contributed by atoms with van der Waals surface area (Å²) in [5.74, 6) is -0.205. The van der Waals surface area contributed by atoms with Crippen LogP contribution in [0.1, 0.15) is 35.2 Å². The van der Waals surface area contributed by atoms with E-state index < -0.39 is 0 Å². The Balaban J connectivity index is 1.78. The molecule has 22 heavy (non-hydrogen) atoms. The van der Waals surface area contributed by atoms with Crippen LogP contribution in [0.2, 0.25) is 0 Å². The fourth-order valence-corrected chi connectivity index (χ4v) is 2.56. The van der Waals surface area contributed by atoms with Gasteiger partial charge in [0.25, 0.3) is 0 Å². The Morgan fingerprint density at radius 3 is 2.91 bits per heavy atom. The number of rotatable bonds is 5. The van der Waals surface area contributed by atoms with E-state index in [1.165, 1.54) is 6.20 Å². The van der Waals surface area contributed by atoms with Crippen LogP contribution in [0.3, 0.4) is 0 Å². The number of hydrogen-bond donors (Lipinski definition) is 2. The molecule has 0 aliphatic carbocycles. The molecule has 3 heterocycles. The number of H-pyrrole nitrogens is 1. The van der Waals surface area contributed by atoms with Crippen molar-refractivity contribution in [3.63, 3.8) is 0 Å². The molecule has 0 bridgehead atoms. The highest BCUT2D eigenvalue weighted by molar-refractivity contribution is 6.44. The van der Waals surface area contributed by atoms with Crippen LogP contribution in [0.5, 0.6) is 0 Å². The number of aromatic nitrogens is 3. The summed E-state index contributed by atoms with van der Waals surface area (Å²) in [6.07, 6.45) is 7.14. The number of aromatic amines is 1. The zero-order chi connectivity index (χ0) is 15.5. The molecule has 1 unspecified atom stereocenters. The van der Waals surface area contributed by atoms with Gasteiger partial charge in [0.15, 0.2) is 0 Å². The van der Waals surface area contributed by atoms with E-state index in [-0.39, 0.29) is 17.4 Å². The molecule has 5 heteroatoms. The molecule has 0 spiro atoms. The van der Waals surface area contributed by atoms with Gasteiger partial charge < -0.3 is 10.4 Å². The molecule has 0 aliphatic heterocycles. The lowest BCUT2D eigenvalue weighted by atomic mass is 9.93. The molecule has 3 aromatic rings. The minimum Gasteiger partial charge on any atom is -0.346 e. The van der Waals surface area contributed by atoms with Crippen molar-refractivity contribution in [1.29, 1.82) is 5.41 Å². The molecule has 0 saturated carbocycles. The van der Waals surface area contributed by atoms with Crippen LogP contribution in [0, 0.1) is 5.41 Å². The summed E-state index contributed by atoms with van der Waals surface area (Å²) in [5.41, 5.74) is 2.46. The minimum absolute atomic E-state index is 0.0612. The average molecular weight is 292 g/mol. The molecule has 0 fully saturated rings. The topological polar surface area (TPSA) is 82.5 Å². The Labute approximate surface area is 127 Å². The Hall–Kier alpha value is -2.82. The van der Waals surface area contributed by atoms with E-state index in [1.54, 1.807) is 24.5 Å². The van der Waals surface area contributed by atoms with Gasteiger partial charge >= 0.3 is 0 Å². The number of hydrogen-bond acceptors (Lipinski definition) is 4. The van der Waals surface area contributed by atoms with Crippen molar-refractivity contribution < 1.29 is 4.79 Å². The summed E-state index contributed by atoms with van der Waals surface area (Å²) in [4.78, 5) is 23.5. The van der Waals surface area contributed by atoms with Crippen LogP contribution in [-0.4, -0.2) is 26.4 Å². The van der Waals surface area contributed by atoms with Crippen molar-refractivity contribution in [3.8, 4) is 0 Å². The van der Waals surface area contributed by atoms with Gasteiger partial charge in [0.05, 0.1) is 5.71 Å². The second-order valence-electron chi connectivity index (χ2n) is 5.30. The number of fused-ring (bicyclic) bond motifs is 1. The van der Waals surface area contributed by atoms with Gasteiger partial charge in [0, 0.05) is 35.7 Å². The van der Waals surface area contributed by atoms with E-state index in [9.17, 15) is 4.79 Å². The van der Waals surface area contributed by atoms with Crippen molar-refractivity contribution in [3.05, 3.63) is 60.2 Å². The van der Waals surface area contributed by atoms with E-state index in [1.807, 2.05) is 25.3 Å². The third-order valence-electron chi connectivity index (χ3n) is 3.72. The SMILES string of the molecule is CC(CC(=N)C(=O)c1cccnc1)c1c[nH]c2ncccc12. The molecule has 0 amide bonds. The Morgan fingerprint density at radius 2 is 2.14 bits per heavy atom. The second kappa shape index (κ2) is 5.89. The lowest BCUT2D eigenvalue weighted by Gasteiger charge is -2.11. The highest BCUT2D eigenvalue weighted by Gasteiger charge is 2.18. The first-order valence-corrected chi connectivity index (χ1v) is 7.11. The molecule has 0 aliphatic rings. The maximum absolute atomic E-state index is 12.2. The first-order chi connectivity index (χ1) is 10.7. The Kier molecular flexibility index (Phi) is 3.78. The molecule has 3 aromatic heterocycles. The summed E-state index contributed by atoms with van der Waals surface area (Å²) in [5, 5.41) is 9.11. The molecule has 5 nitrogen and oxygen atoms in total. The smallest absolute Gasteiger partial charge is 0.208 e. The number of nitrogens with one attached hydrogen (secondary N) is 2. The van der Waals surface area contributed by atoms with Gasteiger partial charge in [-0.3, -0.25) is 9.78 Å². The highest BCUT2D eigenvalue weighted by atomic mass is 16.1. The van der Waals surface area contributed by atoms with Crippen LogP contribution in [0.25, 0.3) is 11.0 Å². The van der Waals surface area contributed by atoms with Crippen molar-refractivity contribution in [2.24, 2.45) is 0 Å². The summed E-state index contributed by atoms with van der Waals surface area (Å²) >= 11 is 0. The van der Waals surface area contributed by atoms with Crippen LogP contribution in [0.4, 0.5) is 0 Å². The van der Waals surface area contributed by atoms with Gasteiger partial charge in [-0.15, -0.1) is 0 Å². The van der Waals surface area contributed by atoms with Gasteiger partial charge in [0.2, 0.25) is 5.78 Å². The number of pyridine rings is 2. The van der Waals surface area contributed by atoms with Crippen molar-refractivity contribution in [2.45, 2.75) is 19.3 Å². The van der Waals surface area contributed by atoms with Crippen LogP contribution < -0.4 is 0 Å². The molecule has 110 valence electrons. The quantitative estimate of drug-likeness (QED) is 0.559. The lowest BCUT2D eigenvalue weighted by molar-refractivity contribution is 0.106. The summed E-state index contributed by atoms with van der Waals surface area (Å²) < 4.78 is 0. The van der Waals surface area contributed by atoms with Crippen LogP contribution >= 0.6 is 0 Å². The molecular formula is C17H16N4O. The normalized spacial score (nSPS) is 12.2. The summed E-state index contributed by atoms with van der Waals surface area (Å²) in [7, 11) is 0. The zero-order valence-electron chi connectivity index (χ0n) is 12.2. The van der Waals surface area contributed by atoms with E-state index in [2.05, 4.69) is 15.0 Å². The largest absolute Gasteiger partial charge is 0.346 e. The van der Waals surface area contributed by atoms with Crippen LogP contribution in [-0.2, 0) is 0 Å². The maximum Gasteiger partial charge on any atom is 0.208 e. The van der Waals surface area contributed by atoms with Gasteiger partial charge in [-0.25, -0.2) is 4.98 Å². The van der Waals surface area contributed by atoms with Gasteiger partial charge in [-0.2, -0.15) is 0 Å². The molecule has 0 aromatic carbocycles. The standard InChI is InChI=1S/C17H16N4O/c1-11(14-10-21-17-13(14)5-3-7-20-17)8-15(18)16(22)12-4-2-6-19-9-12/h2-7,9-11,18H,8H2,1H3,(H,20,21). The molecule has 2 N–H and O–H groups in total. The maximum atomic E-state index is 12.2. The molecule has 3 rings (SSSR count). The summed E-state index contributed by atoms with van der Waals surface area (Å²) in [6.45, 7) is 2.01. The van der Waals surface area contributed by atoms with Gasteiger partial charge in [-0.1, -0.05) is 6.92 Å². The number of carbonyl (C=O) groups is 1. The lowest BCUT2D eigenvalue weighted by Crippen LogP contribution is -2.15. The van der Waals surface area contributed by atoms with E-state index in [0.29, 0.717) is 12.0 Å². The second-order valence-corrected chi connectivity index (χ2v) is 5.30. The fraction of sp³-hybridized carbons (Fsp3) is 0.176. The predicted octanol–water partition coefficient (Wildman–Crippen LogP) is 3.35. The number of carbonyl (C=O) groups excluding carboxylic acids is 1. The number of ketones is 1. The van der Waals surface area contributed by atoms with Crippen molar-refractivity contribution in [1.82, 2.24) is 15.0 Å². The third-order valence-corrected chi connectivity index (χ3v) is 3.72. The van der Waals surface area contributed by atoms with E-state index in [4.69, 9.17) is 5.41 Å². The van der Waals surface area contributed by atoms with Crippen molar-refractivity contribution in [2.75, 3.05) is 0 Å². The van der Waals surface area contributed by atoms with Gasteiger partial charge in [-0.05, 0) is 42.2 Å². The number of nitrogens with zero attached hydrogens (tertiary/aromatic N) is 2. The van der Waals surface area contributed by atoms with E-state index >= 15 is 0 Å². The molecular weight excluding hydrogens is 276 g/mol. The van der Waals surface area contributed by atoms with Crippen LogP contribution in [0.15, 0.2) is 49.1 Å². The Bertz CT molecular complexity index is 823. The first-order valence-electron chi connectivity index (χ1n) is 7.11. The fourth-order valence-electron chi connectivity index (χ4n) is 2.56. The molecule has 1 atom stereocenters. The van der Waals surface area contributed by atoms with Gasteiger partial charge in [0.1, 0.15) is 5.65 Å². The summed E-state index contributed by atoms with van der Waals surface area (Å²) in [6, 6.07) is 7.27. The zero-order valence-corrected chi connectivity index (χ0v) is 12.2. The van der Waals surface area contributed by atoms with Crippen molar-refractivity contribution >= 4 is 22.5 Å². The first kappa shape index (κ1) is 14.1. The average Bonchev–Trinajstić information content (AvgIpc) is 2.99. The minimum atomic E-state index is -0.266. The number of Topliss-reactive ketones (excluding diaryl/α,β-unsaturated/α-hetero) is 1. The third kappa shape index (κ3) is 2.65. The van der Waals surface area contributed by atoms with E-state index in [0.717, 1.165) is 16.6 Å².